The van der Waals surface area contributed by atoms with Gasteiger partial charge in [-0.25, -0.2) is 4.57 Å². The van der Waals surface area contributed by atoms with Crippen molar-refractivity contribution in [3.63, 3.8) is 0 Å². The maximum atomic E-state index is 10.9. The maximum absolute atomic E-state index is 10.9. The summed E-state index contributed by atoms with van der Waals surface area (Å²) in [5.74, 6) is -0.970. The Bertz CT molecular complexity index is 234. The second-order valence-electron chi connectivity index (χ2n) is 2.65. The summed E-state index contributed by atoms with van der Waals surface area (Å²) in [6.07, 6.45) is -2.77. The number of phosphoric acid groups is 1. The van der Waals surface area contributed by atoms with Gasteiger partial charge in [0.15, 0.2) is 5.78 Å². The van der Waals surface area contributed by atoms with E-state index in [0.29, 0.717) is 0 Å². The van der Waals surface area contributed by atoms with E-state index in [1.165, 1.54) is 0 Å². The summed E-state index contributed by atoms with van der Waals surface area (Å²) in [7, 11) is -4.71. The summed E-state index contributed by atoms with van der Waals surface area (Å²) in [6.45, 7) is 0.619. The second-order valence-corrected chi connectivity index (χ2v) is 3.89. The van der Waals surface area contributed by atoms with Gasteiger partial charge in [-0.3, -0.25) is 9.32 Å². The van der Waals surface area contributed by atoms with Crippen molar-refractivity contribution >= 4 is 13.6 Å². The van der Waals surface area contributed by atoms with E-state index < -0.39 is 32.4 Å². The molecule has 0 aromatic rings. The predicted molar refractivity (Wildman–Crippen MR) is 45.3 cm³/mol. The first-order chi connectivity index (χ1) is 6.28. The first kappa shape index (κ1) is 13.7. The standard InChI is InChI=1S/C6H13O7P/c1-2-4(7)6(9)5(8)3-13-14(10,11)12/h4,6-7,9H,2-3H2,1H3,(H2,10,11,12)/t4-,6-/m1/s1. The van der Waals surface area contributed by atoms with Crippen LogP contribution in [0.1, 0.15) is 13.3 Å². The molecule has 14 heavy (non-hydrogen) atoms. The van der Waals surface area contributed by atoms with E-state index in [2.05, 4.69) is 4.52 Å². The Morgan fingerprint density at radius 2 is 1.93 bits per heavy atom. The van der Waals surface area contributed by atoms with Gasteiger partial charge in [0.1, 0.15) is 12.7 Å². The van der Waals surface area contributed by atoms with Gasteiger partial charge in [-0.05, 0) is 6.42 Å². The van der Waals surface area contributed by atoms with Crippen LogP contribution in [0.5, 0.6) is 0 Å². The Balaban J connectivity index is 4.03. The summed E-state index contributed by atoms with van der Waals surface area (Å²) >= 11 is 0. The van der Waals surface area contributed by atoms with Gasteiger partial charge in [-0.15, -0.1) is 0 Å². The zero-order valence-corrected chi connectivity index (χ0v) is 8.42. The predicted octanol–water partition coefficient (Wildman–Crippen LogP) is -1.20. The molecule has 0 aliphatic heterocycles. The highest BCUT2D eigenvalue weighted by Gasteiger charge is 2.25. The Kier molecular flexibility index (Phi) is 5.43. The van der Waals surface area contributed by atoms with Crippen LogP contribution in [0.15, 0.2) is 0 Å². The van der Waals surface area contributed by atoms with Crippen LogP contribution in [-0.4, -0.2) is 44.6 Å². The number of aliphatic hydroxyl groups excluding tert-OH is 2. The molecule has 0 bridgehead atoms. The summed E-state index contributed by atoms with van der Waals surface area (Å²) in [5.41, 5.74) is 0. The lowest BCUT2D eigenvalue weighted by molar-refractivity contribution is -0.135. The Morgan fingerprint density at radius 1 is 1.43 bits per heavy atom. The number of Topliss-reactive ketones (excluding diaryl/α,β-unsaturated/α-hetero) is 1. The van der Waals surface area contributed by atoms with Crippen LogP contribution in [0.3, 0.4) is 0 Å². The van der Waals surface area contributed by atoms with E-state index in [4.69, 9.17) is 20.0 Å². The van der Waals surface area contributed by atoms with Crippen LogP contribution in [0.25, 0.3) is 0 Å². The van der Waals surface area contributed by atoms with Gasteiger partial charge in [-0.2, -0.15) is 0 Å². The number of hydrogen-bond donors (Lipinski definition) is 4. The molecule has 0 aromatic heterocycles. The van der Waals surface area contributed by atoms with Gasteiger partial charge >= 0.3 is 7.82 Å². The zero-order valence-electron chi connectivity index (χ0n) is 7.53. The molecule has 7 nitrogen and oxygen atoms in total. The van der Waals surface area contributed by atoms with Crippen molar-refractivity contribution in [1.82, 2.24) is 0 Å². The van der Waals surface area contributed by atoms with E-state index in [0.717, 1.165) is 0 Å². The molecule has 0 aliphatic carbocycles. The van der Waals surface area contributed by atoms with Crippen molar-refractivity contribution in [2.24, 2.45) is 0 Å². The largest absolute Gasteiger partial charge is 0.470 e. The lowest BCUT2D eigenvalue weighted by Crippen LogP contribution is -2.35. The summed E-state index contributed by atoms with van der Waals surface area (Å²) in [6, 6.07) is 0. The van der Waals surface area contributed by atoms with Gasteiger partial charge in [-0.1, -0.05) is 6.92 Å². The topological polar surface area (TPSA) is 124 Å². The Hall–Kier alpha value is -0.300. The van der Waals surface area contributed by atoms with Crippen LogP contribution in [0.4, 0.5) is 0 Å². The summed E-state index contributed by atoms with van der Waals surface area (Å²) < 4.78 is 14.0. The van der Waals surface area contributed by atoms with Crippen LogP contribution < -0.4 is 0 Å². The average Bonchev–Trinajstić information content (AvgIpc) is 2.10. The van der Waals surface area contributed by atoms with Crippen LogP contribution in [0, 0.1) is 0 Å². The highest BCUT2D eigenvalue weighted by Crippen LogP contribution is 2.35. The molecule has 0 aromatic carbocycles. The summed E-state index contributed by atoms with van der Waals surface area (Å²) in [4.78, 5) is 27.4. The number of phosphoric ester groups is 1. The number of aliphatic hydroxyl groups is 2. The molecule has 0 rings (SSSR count). The third-order valence-corrected chi connectivity index (χ3v) is 1.95. The molecule has 84 valence electrons. The highest BCUT2D eigenvalue weighted by atomic mass is 31.2. The van der Waals surface area contributed by atoms with Crippen molar-refractivity contribution in [3.8, 4) is 0 Å². The molecule has 4 N–H and O–H groups in total. The van der Waals surface area contributed by atoms with Gasteiger partial charge in [0.2, 0.25) is 0 Å². The minimum Gasteiger partial charge on any atom is -0.390 e. The van der Waals surface area contributed by atoms with Crippen LogP contribution in [-0.2, 0) is 13.9 Å². The lowest BCUT2D eigenvalue weighted by atomic mass is 10.1. The van der Waals surface area contributed by atoms with Crippen molar-refractivity contribution in [1.29, 1.82) is 0 Å². The smallest absolute Gasteiger partial charge is 0.390 e. The van der Waals surface area contributed by atoms with Gasteiger partial charge in [0.05, 0.1) is 6.10 Å². The van der Waals surface area contributed by atoms with Crippen LogP contribution in [0.2, 0.25) is 0 Å². The fourth-order valence-electron chi connectivity index (χ4n) is 0.671. The third kappa shape index (κ3) is 5.43. The number of carbonyl (C=O) groups is 1. The Morgan fingerprint density at radius 3 is 2.29 bits per heavy atom. The fraction of sp³-hybridized carbons (Fsp3) is 0.833. The Labute approximate surface area is 80.6 Å². The lowest BCUT2D eigenvalue weighted by Gasteiger charge is -2.14. The quantitative estimate of drug-likeness (QED) is 0.420. The minimum absolute atomic E-state index is 0.156. The minimum atomic E-state index is -4.71. The number of carbonyl (C=O) groups excluding carboxylic acids is 1. The van der Waals surface area contributed by atoms with Gasteiger partial charge in [0.25, 0.3) is 0 Å². The fourth-order valence-corrected chi connectivity index (χ4v) is 0.966. The van der Waals surface area contributed by atoms with E-state index in [1.807, 2.05) is 0 Å². The second kappa shape index (κ2) is 5.55. The first-order valence-electron chi connectivity index (χ1n) is 3.87. The zero-order chi connectivity index (χ0) is 11.4. The van der Waals surface area contributed by atoms with Gasteiger partial charge in [0, 0.05) is 0 Å². The van der Waals surface area contributed by atoms with Crippen LogP contribution >= 0.6 is 7.82 Å². The molecule has 0 radical (unpaired) electrons. The van der Waals surface area contributed by atoms with Crippen molar-refractivity contribution in [2.75, 3.05) is 6.61 Å². The van der Waals surface area contributed by atoms with E-state index >= 15 is 0 Å². The molecule has 0 amide bonds. The molecule has 0 unspecified atom stereocenters. The van der Waals surface area contributed by atoms with Crippen molar-refractivity contribution < 1.29 is 33.9 Å². The molecule has 0 spiro atoms. The normalized spacial score (nSPS) is 16.4. The van der Waals surface area contributed by atoms with Gasteiger partial charge < -0.3 is 20.0 Å². The number of ketones is 1. The molecule has 0 fully saturated rings. The molecule has 0 saturated heterocycles. The molecular formula is C6H13O7P. The first-order valence-corrected chi connectivity index (χ1v) is 5.40. The molecular weight excluding hydrogens is 215 g/mol. The molecule has 0 heterocycles. The molecule has 0 saturated carbocycles. The molecule has 8 heteroatoms. The monoisotopic (exact) mass is 228 g/mol. The maximum Gasteiger partial charge on any atom is 0.470 e. The SMILES string of the molecule is CC[C@@H](O)[C@@H](O)C(=O)COP(=O)(O)O. The molecule has 2 atom stereocenters. The number of hydrogen-bond acceptors (Lipinski definition) is 5. The third-order valence-electron chi connectivity index (χ3n) is 1.49. The average molecular weight is 228 g/mol. The van der Waals surface area contributed by atoms with E-state index in [-0.39, 0.29) is 6.42 Å². The summed E-state index contributed by atoms with van der Waals surface area (Å²) in [5, 5.41) is 18.1. The van der Waals surface area contributed by atoms with E-state index in [1.54, 1.807) is 6.92 Å². The van der Waals surface area contributed by atoms with Crippen molar-refractivity contribution in [2.45, 2.75) is 25.6 Å². The highest BCUT2D eigenvalue weighted by molar-refractivity contribution is 7.46. The number of rotatable bonds is 6. The van der Waals surface area contributed by atoms with Crippen molar-refractivity contribution in [3.05, 3.63) is 0 Å². The van der Waals surface area contributed by atoms with E-state index in [9.17, 15) is 9.36 Å². The molecule has 0 aliphatic rings.